The van der Waals surface area contributed by atoms with Crippen LogP contribution in [0.3, 0.4) is 0 Å². The van der Waals surface area contributed by atoms with Crippen molar-refractivity contribution >= 4 is 28.4 Å². The summed E-state index contributed by atoms with van der Waals surface area (Å²) in [4.78, 5) is 12.5. The van der Waals surface area contributed by atoms with Gasteiger partial charge in [0, 0.05) is 15.6 Å². The normalized spacial score (nSPS) is 17.6. The van der Waals surface area contributed by atoms with Crippen molar-refractivity contribution in [3.05, 3.63) is 68.8 Å². The lowest BCUT2D eigenvalue weighted by atomic mass is 9.79. The lowest BCUT2D eigenvalue weighted by Gasteiger charge is -2.25. The van der Waals surface area contributed by atoms with Gasteiger partial charge in [-0.1, -0.05) is 36.4 Å². The van der Waals surface area contributed by atoms with E-state index in [9.17, 15) is 4.79 Å². The van der Waals surface area contributed by atoms with Crippen LogP contribution in [0.2, 0.25) is 0 Å². The van der Waals surface area contributed by atoms with Gasteiger partial charge in [-0.15, -0.1) is 0 Å². The van der Waals surface area contributed by atoms with Crippen molar-refractivity contribution in [2.45, 2.75) is 31.6 Å². The molecule has 0 saturated heterocycles. The van der Waals surface area contributed by atoms with Crippen LogP contribution < -0.4 is 0 Å². The van der Waals surface area contributed by atoms with Crippen molar-refractivity contribution in [2.75, 3.05) is 0 Å². The minimum absolute atomic E-state index is 0.269. The number of Topliss-reactive ketones (excluding diaryl/α,β-unsaturated/α-hetero) is 1. The third-order valence-corrected chi connectivity index (χ3v) is 4.74. The van der Waals surface area contributed by atoms with Gasteiger partial charge in [0.2, 0.25) is 0 Å². The van der Waals surface area contributed by atoms with E-state index in [1.165, 1.54) is 17.5 Å². The molecule has 0 aliphatic heterocycles. The average Bonchev–Trinajstić information content (AvgIpc) is 2.47. The highest BCUT2D eigenvalue weighted by atomic mass is 127. The summed E-state index contributed by atoms with van der Waals surface area (Å²) in [6.45, 7) is 0. The maximum atomic E-state index is 12.5. The number of benzene rings is 2. The molecule has 2 aromatic rings. The van der Waals surface area contributed by atoms with Crippen molar-refractivity contribution in [3.63, 3.8) is 0 Å². The van der Waals surface area contributed by atoms with E-state index in [4.69, 9.17) is 0 Å². The predicted molar refractivity (Wildman–Crippen MR) is 90.2 cm³/mol. The Kier molecular flexibility index (Phi) is 4.20. The Morgan fingerprint density at radius 1 is 1.15 bits per heavy atom. The van der Waals surface area contributed by atoms with E-state index in [2.05, 4.69) is 46.9 Å². The Morgan fingerprint density at radius 3 is 2.85 bits per heavy atom. The van der Waals surface area contributed by atoms with Gasteiger partial charge in [0.15, 0.2) is 5.78 Å². The van der Waals surface area contributed by atoms with Gasteiger partial charge in [-0.2, -0.15) is 0 Å². The molecule has 0 saturated carbocycles. The number of hydrogen-bond donors (Lipinski definition) is 0. The van der Waals surface area contributed by atoms with Gasteiger partial charge < -0.3 is 0 Å². The summed E-state index contributed by atoms with van der Waals surface area (Å²) in [5, 5.41) is 0. The van der Waals surface area contributed by atoms with E-state index in [1.807, 2.05) is 24.3 Å². The van der Waals surface area contributed by atoms with Crippen molar-refractivity contribution in [3.8, 4) is 0 Å². The third-order valence-electron chi connectivity index (χ3n) is 4.07. The third kappa shape index (κ3) is 2.95. The topological polar surface area (TPSA) is 17.1 Å². The number of carbonyl (C=O) groups excluding carboxylic acids is 1. The van der Waals surface area contributed by atoms with E-state index in [-0.39, 0.29) is 5.78 Å². The fourth-order valence-corrected chi connectivity index (χ4v) is 3.61. The zero-order valence-electron chi connectivity index (χ0n) is 11.3. The SMILES string of the molecule is O=C(CC1CCCc2ccccc21)c1cccc(I)c1. The first-order valence-electron chi connectivity index (χ1n) is 7.10. The highest BCUT2D eigenvalue weighted by Gasteiger charge is 2.22. The zero-order chi connectivity index (χ0) is 13.9. The standard InChI is InChI=1S/C18H17IO/c19-16-9-4-8-15(11-16)18(20)12-14-7-3-6-13-5-1-2-10-17(13)14/h1-2,4-5,8-11,14H,3,6-7,12H2. The second-order valence-electron chi connectivity index (χ2n) is 5.43. The van der Waals surface area contributed by atoms with Gasteiger partial charge in [-0.25, -0.2) is 0 Å². The molecule has 1 aliphatic carbocycles. The van der Waals surface area contributed by atoms with Gasteiger partial charge >= 0.3 is 0 Å². The minimum Gasteiger partial charge on any atom is -0.294 e. The van der Waals surface area contributed by atoms with Crippen LogP contribution in [0.4, 0.5) is 0 Å². The summed E-state index contributed by atoms with van der Waals surface area (Å²) in [5.41, 5.74) is 3.66. The van der Waals surface area contributed by atoms with Crippen molar-refractivity contribution in [2.24, 2.45) is 0 Å². The fourth-order valence-electron chi connectivity index (χ4n) is 3.07. The highest BCUT2D eigenvalue weighted by Crippen LogP contribution is 2.34. The number of rotatable bonds is 3. The molecule has 3 rings (SSSR count). The minimum atomic E-state index is 0.269. The molecule has 1 nitrogen and oxygen atoms in total. The number of fused-ring (bicyclic) bond motifs is 1. The van der Waals surface area contributed by atoms with Gasteiger partial charge in [-0.05, 0) is 71.0 Å². The molecule has 0 amide bonds. The number of ketones is 1. The van der Waals surface area contributed by atoms with E-state index in [0.717, 1.165) is 22.0 Å². The number of carbonyl (C=O) groups is 1. The summed E-state index contributed by atoms with van der Waals surface area (Å²) in [5.74, 6) is 0.663. The monoisotopic (exact) mass is 376 g/mol. The van der Waals surface area contributed by atoms with E-state index in [0.29, 0.717) is 12.3 Å². The van der Waals surface area contributed by atoms with Gasteiger partial charge in [0.25, 0.3) is 0 Å². The lowest BCUT2D eigenvalue weighted by Crippen LogP contribution is -2.14. The molecule has 0 fully saturated rings. The smallest absolute Gasteiger partial charge is 0.163 e. The molecule has 2 aromatic carbocycles. The van der Waals surface area contributed by atoms with E-state index in [1.54, 1.807) is 0 Å². The first-order valence-corrected chi connectivity index (χ1v) is 8.18. The van der Waals surface area contributed by atoms with Gasteiger partial charge in [-0.3, -0.25) is 4.79 Å². The molecule has 1 unspecified atom stereocenters. The Morgan fingerprint density at radius 2 is 2.00 bits per heavy atom. The molecule has 0 spiro atoms. The van der Waals surface area contributed by atoms with Gasteiger partial charge in [0.05, 0.1) is 0 Å². The molecular weight excluding hydrogens is 359 g/mol. The summed E-state index contributed by atoms with van der Waals surface area (Å²) >= 11 is 2.26. The van der Waals surface area contributed by atoms with Crippen LogP contribution in [0.25, 0.3) is 0 Å². The summed E-state index contributed by atoms with van der Waals surface area (Å²) in [6, 6.07) is 16.5. The van der Waals surface area contributed by atoms with Crippen LogP contribution in [0.15, 0.2) is 48.5 Å². The molecule has 2 heteroatoms. The predicted octanol–water partition coefficient (Wildman–Crippen LogP) is 4.98. The van der Waals surface area contributed by atoms with Crippen molar-refractivity contribution in [1.29, 1.82) is 0 Å². The van der Waals surface area contributed by atoms with E-state index < -0.39 is 0 Å². The molecule has 0 radical (unpaired) electrons. The van der Waals surface area contributed by atoms with Crippen molar-refractivity contribution < 1.29 is 4.79 Å². The summed E-state index contributed by atoms with van der Waals surface area (Å²) in [7, 11) is 0. The first-order chi connectivity index (χ1) is 9.74. The maximum absolute atomic E-state index is 12.5. The number of hydrogen-bond acceptors (Lipinski definition) is 1. The molecule has 0 bridgehead atoms. The molecule has 1 atom stereocenters. The highest BCUT2D eigenvalue weighted by molar-refractivity contribution is 14.1. The summed E-state index contributed by atoms with van der Waals surface area (Å²) < 4.78 is 1.12. The Hall–Kier alpha value is -1.16. The van der Waals surface area contributed by atoms with Crippen LogP contribution in [0.5, 0.6) is 0 Å². The van der Waals surface area contributed by atoms with Crippen LogP contribution >= 0.6 is 22.6 Å². The van der Waals surface area contributed by atoms with Crippen LogP contribution in [-0.4, -0.2) is 5.78 Å². The lowest BCUT2D eigenvalue weighted by molar-refractivity contribution is 0.0971. The largest absolute Gasteiger partial charge is 0.294 e. The Labute approximate surface area is 133 Å². The molecule has 1 aliphatic rings. The maximum Gasteiger partial charge on any atom is 0.163 e. The van der Waals surface area contributed by atoms with Gasteiger partial charge in [0.1, 0.15) is 0 Å². The van der Waals surface area contributed by atoms with Crippen LogP contribution in [0.1, 0.15) is 46.7 Å². The summed E-state index contributed by atoms with van der Waals surface area (Å²) in [6.07, 6.45) is 4.12. The van der Waals surface area contributed by atoms with Crippen LogP contribution in [0, 0.1) is 3.57 Å². The number of halogens is 1. The average molecular weight is 376 g/mol. The number of aryl methyl sites for hydroxylation is 1. The quantitative estimate of drug-likeness (QED) is 0.545. The van der Waals surface area contributed by atoms with Crippen LogP contribution in [-0.2, 0) is 6.42 Å². The molecule has 20 heavy (non-hydrogen) atoms. The molecule has 0 heterocycles. The first kappa shape index (κ1) is 13.8. The Balaban J connectivity index is 1.81. The molecule has 0 N–H and O–H groups in total. The molecule has 0 aromatic heterocycles. The molecule has 102 valence electrons. The zero-order valence-corrected chi connectivity index (χ0v) is 13.5. The molecular formula is C18H17IO. The van der Waals surface area contributed by atoms with Crippen molar-refractivity contribution in [1.82, 2.24) is 0 Å². The second-order valence-corrected chi connectivity index (χ2v) is 6.67. The Bertz CT molecular complexity index is 633. The fraction of sp³-hybridized carbons (Fsp3) is 0.278. The van der Waals surface area contributed by atoms with E-state index >= 15 is 0 Å². The second kappa shape index (κ2) is 6.08.